The van der Waals surface area contributed by atoms with Crippen LogP contribution in [0.4, 0.5) is 0 Å². The van der Waals surface area contributed by atoms with Crippen LogP contribution < -0.4 is 5.19 Å². The predicted molar refractivity (Wildman–Crippen MR) is 74.9 cm³/mol. The molecule has 1 aromatic rings. The third-order valence-corrected chi connectivity index (χ3v) is 7.57. The molecule has 88 valence electrons. The van der Waals surface area contributed by atoms with E-state index in [-0.39, 0.29) is 0 Å². The molecule has 1 aliphatic carbocycles. The Morgan fingerprint density at radius 1 is 1.00 bits per heavy atom. The van der Waals surface area contributed by atoms with Crippen LogP contribution in [0.2, 0.25) is 19.1 Å². The van der Waals surface area contributed by atoms with Crippen LogP contribution in [0.3, 0.4) is 0 Å². The van der Waals surface area contributed by atoms with Crippen LogP contribution in [0.25, 0.3) is 0 Å². The molecule has 1 aromatic carbocycles. The zero-order chi connectivity index (χ0) is 11.4. The highest BCUT2D eigenvalue weighted by Gasteiger charge is 2.27. The molecule has 0 aliphatic heterocycles. The standard InChI is InChI=1S/C15H24Si/c1-16(2,15-11-7-4-8-12-15)13-14-9-5-3-6-10-14/h4,7-8,11-12,14H,3,5-6,9-10,13H2,1-2H3. The predicted octanol–water partition coefficient (Wildman–Crippen LogP) is 4.18. The first kappa shape index (κ1) is 11.9. The van der Waals surface area contributed by atoms with E-state index in [2.05, 4.69) is 43.4 Å². The number of hydrogen-bond donors (Lipinski definition) is 0. The molecule has 1 aliphatic rings. The van der Waals surface area contributed by atoms with Crippen molar-refractivity contribution in [3.05, 3.63) is 30.3 Å². The largest absolute Gasteiger partial charge is 0.0809 e. The third-order valence-electron chi connectivity index (χ3n) is 4.08. The lowest BCUT2D eigenvalue weighted by atomic mass is 9.91. The molecule has 0 bridgehead atoms. The molecular formula is C15H24Si. The van der Waals surface area contributed by atoms with Gasteiger partial charge in [-0.3, -0.25) is 0 Å². The molecule has 1 heteroatoms. The first-order valence-electron chi connectivity index (χ1n) is 6.74. The van der Waals surface area contributed by atoms with E-state index in [4.69, 9.17) is 0 Å². The lowest BCUT2D eigenvalue weighted by molar-refractivity contribution is 0.382. The highest BCUT2D eigenvalue weighted by molar-refractivity contribution is 6.89. The van der Waals surface area contributed by atoms with E-state index in [9.17, 15) is 0 Å². The maximum atomic E-state index is 2.54. The fraction of sp³-hybridized carbons (Fsp3) is 0.600. The Morgan fingerprint density at radius 3 is 2.25 bits per heavy atom. The van der Waals surface area contributed by atoms with Crippen molar-refractivity contribution in [2.24, 2.45) is 5.92 Å². The number of rotatable bonds is 3. The fourth-order valence-corrected chi connectivity index (χ4v) is 6.30. The van der Waals surface area contributed by atoms with Crippen molar-refractivity contribution >= 4 is 13.3 Å². The molecule has 0 nitrogen and oxygen atoms in total. The average Bonchev–Trinajstić information content (AvgIpc) is 2.31. The molecule has 1 saturated carbocycles. The number of hydrogen-bond acceptors (Lipinski definition) is 0. The average molecular weight is 232 g/mol. The minimum Gasteiger partial charge on any atom is -0.0654 e. The summed E-state index contributed by atoms with van der Waals surface area (Å²) < 4.78 is 0. The lowest BCUT2D eigenvalue weighted by Gasteiger charge is -2.30. The van der Waals surface area contributed by atoms with Crippen LogP contribution in [0, 0.1) is 5.92 Å². The quantitative estimate of drug-likeness (QED) is 0.686. The maximum Gasteiger partial charge on any atom is 0.0809 e. The topological polar surface area (TPSA) is 0 Å². The molecule has 1 fully saturated rings. The second kappa shape index (κ2) is 5.18. The van der Waals surface area contributed by atoms with Gasteiger partial charge in [0.1, 0.15) is 0 Å². The minimum absolute atomic E-state index is 1.02. The van der Waals surface area contributed by atoms with Crippen LogP contribution >= 0.6 is 0 Å². The Morgan fingerprint density at radius 2 is 1.62 bits per heavy atom. The minimum atomic E-state index is -1.17. The summed E-state index contributed by atoms with van der Waals surface area (Å²) in [5.74, 6) is 1.02. The molecule has 0 aromatic heterocycles. The zero-order valence-electron chi connectivity index (χ0n) is 10.7. The van der Waals surface area contributed by atoms with Crippen LogP contribution in [0.1, 0.15) is 32.1 Å². The van der Waals surface area contributed by atoms with Crippen LogP contribution in [-0.4, -0.2) is 8.07 Å². The van der Waals surface area contributed by atoms with E-state index in [1.54, 1.807) is 5.19 Å². The van der Waals surface area contributed by atoms with Gasteiger partial charge in [-0.15, -0.1) is 0 Å². The lowest BCUT2D eigenvalue weighted by Crippen LogP contribution is -2.42. The van der Waals surface area contributed by atoms with E-state index in [1.807, 2.05) is 0 Å². The highest BCUT2D eigenvalue weighted by atomic mass is 28.3. The van der Waals surface area contributed by atoms with E-state index in [1.165, 1.54) is 38.1 Å². The zero-order valence-corrected chi connectivity index (χ0v) is 11.7. The molecule has 0 radical (unpaired) electrons. The molecule has 2 rings (SSSR count). The monoisotopic (exact) mass is 232 g/mol. The smallest absolute Gasteiger partial charge is 0.0654 e. The summed E-state index contributed by atoms with van der Waals surface area (Å²) in [5.41, 5.74) is 0. The Hall–Kier alpha value is -0.563. The van der Waals surface area contributed by atoms with Gasteiger partial charge in [0, 0.05) is 0 Å². The molecule has 0 saturated heterocycles. The molecule has 0 unspecified atom stereocenters. The third kappa shape index (κ3) is 2.97. The summed E-state index contributed by atoms with van der Waals surface area (Å²) in [5, 5.41) is 1.64. The van der Waals surface area contributed by atoms with E-state index in [0.717, 1.165) is 5.92 Å². The Balaban J connectivity index is 2.01. The van der Waals surface area contributed by atoms with Crippen molar-refractivity contribution in [2.45, 2.75) is 51.2 Å². The second-order valence-corrected chi connectivity index (χ2v) is 10.7. The van der Waals surface area contributed by atoms with Crippen molar-refractivity contribution in [3.63, 3.8) is 0 Å². The van der Waals surface area contributed by atoms with Gasteiger partial charge in [-0.05, 0) is 5.92 Å². The molecule has 0 N–H and O–H groups in total. The van der Waals surface area contributed by atoms with E-state index >= 15 is 0 Å². The van der Waals surface area contributed by atoms with Crippen molar-refractivity contribution < 1.29 is 0 Å². The fourth-order valence-electron chi connectivity index (χ4n) is 3.12. The van der Waals surface area contributed by atoms with Gasteiger partial charge in [-0.25, -0.2) is 0 Å². The van der Waals surface area contributed by atoms with Crippen LogP contribution in [0.5, 0.6) is 0 Å². The Labute approximate surface area is 101 Å². The van der Waals surface area contributed by atoms with Crippen LogP contribution in [-0.2, 0) is 0 Å². The molecule has 16 heavy (non-hydrogen) atoms. The van der Waals surface area contributed by atoms with Gasteiger partial charge in [0.2, 0.25) is 0 Å². The Kier molecular flexibility index (Phi) is 3.85. The maximum absolute atomic E-state index is 2.54. The first-order chi connectivity index (χ1) is 7.68. The van der Waals surface area contributed by atoms with Crippen molar-refractivity contribution in [1.82, 2.24) is 0 Å². The van der Waals surface area contributed by atoms with Gasteiger partial charge in [0.25, 0.3) is 0 Å². The molecule has 0 heterocycles. The summed E-state index contributed by atoms with van der Waals surface area (Å²) >= 11 is 0. The van der Waals surface area contributed by atoms with Gasteiger partial charge < -0.3 is 0 Å². The highest BCUT2D eigenvalue weighted by Crippen LogP contribution is 2.30. The van der Waals surface area contributed by atoms with E-state index < -0.39 is 8.07 Å². The van der Waals surface area contributed by atoms with Gasteiger partial charge in [-0.1, -0.05) is 86.8 Å². The molecule has 0 amide bonds. The normalized spacial score (nSPS) is 18.6. The summed E-state index contributed by atoms with van der Waals surface area (Å²) in [6.07, 6.45) is 7.41. The number of benzene rings is 1. The van der Waals surface area contributed by atoms with Gasteiger partial charge in [0.15, 0.2) is 0 Å². The molecule has 0 spiro atoms. The van der Waals surface area contributed by atoms with Gasteiger partial charge >= 0.3 is 0 Å². The van der Waals surface area contributed by atoms with Gasteiger partial charge in [-0.2, -0.15) is 0 Å². The molecule has 0 atom stereocenters. The van der Waals surface area contributed by atoms with Crippen molar-refractivity contribution in [1.29, 1.82) is 0 Å². The SMILES string of the molecule is C[Si](C)(CC1CCCCC1)c1ccccc1. The Bertz CT molecular complexity index is 309. The molecular weight excluding hydrogens is 208 g/mol. The van der Waals surface area contributed by atoms with Gasteiger partial charge in [0.05, 0.1) is 8.07 Å². The van der Waals surface area contributed by atoms with E-state index in [0.29, 0.717) is 0 Å². The summed E-state index contributed by atoms with van der Waals surface area (Å²) in [4.78, 5) is 0. The van der Waals surface area contributed by atoms with Crippen molar-refractivity contribution in [2.75, 3.05) is 0 Å². The summed E-state index contributed by atoms with van der Waals surface area (Å²) in [6.45, 7) is 5.08. The van der Waals surface area contributed by atoms with Crippen LogP contribution in [0.15, 0.2) is 30.3 Å². The summed E-state index contributed by atoms with van der Waals surface area (Å²) in [7, 11) is -1.17. The van der Waals surface area contributed by atoms with Crippen molar-refractivity contribution in [3.8, 4) is 0 Å². The first-order valence-corrected chi connectivity index (χ1v) is 9.95. The summed E-state index contributed by atoms with van der Waals surface area (Å²) in [6, 6.07) is 12.7. The second-order valence-electron chi connectivity index (χ2n) is 5.96.